The Morgan fingerprint density at radius 1 is 1.19 bits per heavy atom. The van der Waals surface area contributed by atoms with E-state index in [2.05, 4.69) is 33.8 Å². The average molecular weight is 361 g/mol. The standard InChI is InChI=1S/C24H40O2/c1-15-7-10-23(3)17(13-15)5-6-18-19(23)8-11-24(4)20(18)14-21(26)22(24)16(2)9-12-25/h5,15-16,18-22,25-26H,6-14H2,1-4H3/t15-,16+,18+,19-,20-,21?,22-,23?,24-/m0/s1. The predicted octanol–water partition coefficient (Wildman–Crippen LogP) is 5.19. The van der Waals surface area contributed by atoms with E-state index in [1.807, 2.05) is 0 Å². The van der Waals surface area contributed by atoms with Gasteiger partial charge < -0.3 is 10.2 Å². The Hall–Kier alpha value is -0.340. The number of aliphatic hydroxyl groups is 2. The fourth-order valence-corrected chi connectivity index (χ4v) is 8.31. The van der Waals surface area contributed by atoms with Gasteiger partial charge in [0.15, 0.2) is 0 Å². The normalized spacial score (nSPS) is 51.8. The van der Waals surface area contributed by atoms with E-state index in [-0.39, 0.29) is 18.1 Å². The Balaban J connectivity index is 1.63. The van der Waals surface area contributed by atoms with E-state index in [0.29, 0.717) is 23.2 Å². The van der Waals surface area contributed by atoms with Gasteiger partial charge in [0.25, 0.3) is 0 Å². The molecular formula is C24H40O2. The van der Waals surface area contributed by atoms with Gasteiger partial charge in [-0.2, -0.15) is 0 Å². The van der Waals surface area contributed by atoms with E-state index < -0.39 is 0 Å². The van der Waals surface area contributed by atoms with Crippen LogP contribution < -0.4 is 0 Å². The monoisotopic (exact) mass is 360 g/mol. The second kappa shape index (κ2) is 6.62. The summed E-state index contributed by atoms with van der Waals surface area (Å²) in [4.78, 5) is 0. The predicted molar refractivity (Wildman–Crippen MR) is 107 cm³/mol. The molecule has 0 saturated heterocycles. The van der Waals surface area contributed by atoms with Crippen LogP contribution in [0.1, 0.15) is 79.1 Å². The van der Waals surface area contributed by atoms with Crippen molar-refractivity contribution in [2.24, 2.45) is 46.3 Å². The molecule has 4 aliphatic carbocycles. The molecule has 26 heavy (non-hydrogen) atoms. The minimum absolute atomic E-state index is 0.171. The first-order chi connectivity index (χ1) is 12.3. The molecule has 2 unspecified atom stereocenters. The third-order valence-corrected chi connectivity index (χ3v) is 9.66. The van der Waals surface area contributed by atoms with Gasteiger partial charge >= 0.3 is 0 Å². The molecule has 4 rings (SSSR count). The van der Waals surface area contributed by atoms with E-state index in [1.165, 1.54) is 38.5 Å². The number of hydrogen-bond acceptors (Lipinski definition) is 2. The third kappa shape index (κ3) is 2.65. The highest BCUT2D eigenvalue weighted by Gasteiger charge is 2.61. The van der Waals surface area contributed by atoms with Crippen molar-refractivity contribution < 1.29 is 10.2 Å². The molecule has 0 radical (unpaired) electrons. The molecule has 2 heteroatoms. The summed E-state index contributed by atoms with van der Waals surface area (Å²) in [5.74, 6) is 3.89. The van der Waals surface area contributed by atoms with Gasteiger partial charge in [-0.25, -0.2) is 0 Å². The molecule has 0 amide bonds. The summed E-state index contributed by atoms with van der Waals surface area (Å²) in [6.07, 6.45) is 12.2. The maximum Gasteiger partial charge on any atom is 0.0579 e. The molecule has 2 N–H and O–H groups in total. The fourth-order valence-electron chi connectivity index (χ4n) is 8.31. The lowest BCUT2D eigenvalue weighted by Crippen LogP contribution is -2.50. The van der Waals surface area contributed by atoms with E-state index in [9.17, 15) is 10.2 Å². The highest BCUT2D eigenvalue weighted by Crippen LogP contribution is 2.67. The van der Waals surface area contributed by atoms with E-state index in [4.69, 9.17) is 0 Å². The van der Waals surface area contributed by atoms with Crippen molar-refractivity contribution in [3.8, 4) is 0 Å². The highest BCUT2D eigenvalue weighted by atomic mass is 16.3. The summed E-state index contributed by atoms with van der Waals surface area (Å²) in [5, 5.41) is 20.5. The van der Waals surface area contributed by atoms with Gasteiger partial charge in [0.1, 0.15) is 0 Å². The van der Waals surface area contributed by atoms with Crippen molar-refractivity contribution in [2.45, 2.75) is 85.2 Å². The number of fused-ring (bicyclic) bond motifs is 5. The molecule has 0 aromatic heterocycles. The second-order valence-electron chi connectivity index (χ2n) is 11.0. The Morgan fingerprint density at radius 2 is 1.96 bits per heavy atom. The first kappa shape index (κ1) is 19.0. The summed E-state index contributed by atoms with van der Waals surface area (Å²) in [6.45, 7) is 9.98. The molecule has 4 aliphatic rings. The number of aliphatic hydroxyl groups excluding tert-OH is 2. The Morgan fingerprint density at radius 3 is 2.69 bits per heavy atom. The van der Waals surface area contributed by atoms with Crippen LogP contribution in [0.2, 0.25) is 0 Å². The summed E-state index contributed by atoms with van der Waals surface area (Å²) < 4.78 is 0. The molecule has 0 aliphatic heterocycles. The first-order valence-electron chi connectivity index (χ1n) is 11.3. The summed E-state index contributed by atoms with van der Waals surface area (Å²) in [5.41, 5.74) is 2.46. The van der Waals surface area contributed by atoms with Crippen molar-refractivity contribution in [1.29, 1.82) is 0 Å². The fraction of sp³-hybridized carbons (Fsp3) is 0.917. The van der Waals surface area contributed by atoms with Crippen molar-refractivity contribution >= 4 is 0 Å². The molecule has 3 saturated carbocycles. The molecule has 0 bridgehead atoms. The van der Waals surface area contributed by atoms with Gasteiger partial charge in [-0.3, -0.25) is 0 Å². The number of hydrogen-bond donors (Lipinski definition) is 2. The maximum absolute atomic E-state index is 11.0. The first-order valence-corrected chi connectivity index (χ1v) is 11.3. The molecule has 0 heterocycles. The summed E-state index contributed by atoms with van der Waals surface area (Å²) >= 11 is 0. The quantitative estimate of drug-likeness (QED) is 0.680. The Kier molecular flexibility index (Phi) is 4.84. The van der Waals surface area contributed by atoms with Crippen LogP contribution >= 0.6 is 0 Å². The topological polar surface area (TPSA) is 40.5 Å². The van der Waals surface area contributed by atoms with Crippen LogP contribution in [0.3, 0.4) is 0 Å². The lowest BCUT2D eigenvalue weighted by molar-refractivity contribution is -0.0586. The lowest BCUT2D eigenvalue weighted by Gasteiger charge is -2.58. The second-order valence-corrected chi connectivity index (χ2v) is 11.0. The summed E-state index contributed by atoms with van der Waals surface area (Å²) in [7, 11) is 0. The zero-order chi connectivity index (χ0) is 18.7. The molecule has 148 valence electrons. The Labute approximate surface area is 160 Å². The van der Waals surface area contributed by atoms with Gasteiger partial charge in [-0.05, 0) is 97.7 Å². The average Bonchev–Trinajstić information content (AvgIpc) is 2.86. The van der Waals surface area contributed by atoms with Crippen LogP contribution in [-0.2, 0) is 0 Å². The minimum atomic E-state index is -0.171. The van der Waals surface area contributed by atoms with E-state index >= 15 is 0 Å². The minimum Gasteiger partial charge on any atom is -0.396 e. The highest BCUT2D eigenvalue weighted by molar-refractivity contribution is 5.25. The molecule has 0 spiro atoms. The van der Waals surface area contributed by atoms with Gasteiger partial charge in [-0.15, -0.1) is 0 Å². The molecule has 2 nitrogen and oxygen atoms in total. The van der Waals surface area contributed by atoms with E-state index in [1.54, 1.807) is 5.57 Å². The van der Waals surface area contributed by atoms with Gasteiger partial charge in [0, 0.05) is 6.61 Å². The van der Waals surface area contributed by atoms with Crippen molar-refractivity contribution in [3.63, 3.8) is 0 Å². The van der Waals surface area contributed by atoms with E-state index in [0.717, 1.165) is 30.6 Å². The SMILES string of the molecule is C[C@H]1CCC2(C)C(=CC[C@@H]3[C@@H]2CC[C@]2(C)[C@@H]([C@H](C)CCO)C(O)C[C@@H]32)C1. The van der Waals surface area contributed by atoms with Gasteiger partial charge in [-0.1, -0.05) is 39.3 Å². The Bertz CT molecular complexity index is 569. The van der Waals surface area contributed by atoms with Crippen LogP contribution in [0.5, 0.6) is 0 Å². The van der Waals surface area contributed by atoms with Gasteiger partial charge in [0.2, 0.25) is 0 Å². The van der Waals surface area contributed by atoms with Crippen molar-refractivity contribution in [3.05, 3.63) is 11.6 Å². The third-order valence-electron chi connectivity index (χ3n) is 9.66. The van der Waals surface area contributed by atoms with Crippen LogP contribution in [0, 0.1) is 46.3 Å². The maximum atomic E-state index is 11.0. The molecule has 9 atom stereocenters. The number of rotatable bonds is 3. The smallest absolute Gasteiger partial charge is 0.0579 e. The zero-order valence-corrected chi connectivity index (χ0v) is 17.4. The van der Waals surface area contributed by atoms with Crippen LogP contribution in [0.15, 0.2) is 11.6 Å². The molecule has 3 fully saturated rings. The van der Waals surface area contributed by atoms with Crippen LogP contribution in [0.25, 0.3) is 0 Å². The van der Waals surface area contributed by atoms with Crippen molar-refractivity contribution in [2.75, 3.05) is 6.61 Å². The molecule has 0 aromatic rings. The largest absolute Gasteiger partial charge is 0.396 e. The summed E-state index contributed by atoms with van der Waals surface area (Å²) in [6, 6.07) is 0. The zero-order valence-electron chi connectivity index (χ0n) is 17.4. The van der Waals surface area contributed by atoms with Crippen molar-refractivity contribution in [1.82, 2.24) is 0 Å². The lowest BCUT2D eigenvalue weighted by atomic mass is 9.46. The van der Waals surface area contributed by atoms with Crippen LogP contribution in [-0.4, -0.2) is 22.9 Å². The van der Waals surface area contributed by atoms with Crippen LogP contribution in [0.4, 0.5) is 0 Å². The molecule has 0 aromatic carbocycles. The number of allylic oxidation sites excluding steroid dienone is 2. The molecular weight excluding hydrogens is 320 g/mol. The van der Waals surface area contributed by atoms with Gasteiger partial charge in [0.05, 0.1) is 6.10 Å².